The van der Waals surface area contributed by atoms with Crippen LogP contribution in [0.1, 0.15) is 24.0 Å². The third-order valence-corrected chi connectivity index (χ3v) is 2.46. The highest BCUT2D eigenvalue weighted by molar-refractivity contribution is 7.80. The number of aryl methyl sites for hydroxylation is 1. The fraction of sp³-hybridized carbons (Fsp3) is 0.308. The van der Waals surface area contributed by atoms with E-state index >= 15 is 0 Å². The Hall–Kier alpha value is -1.22. The van der Waals surface area contributed by atoms with Gasteiger partial charge in [0.25, 0.3) is 0 Å². The van der Waals surface area contributed by atoms with Crippen molar-refractivity contribution >= 4 is 24.7 Å². The standard InChI is InChI=1S/C13H16O2S/c14-13(15)5-1-3-11-6-8-12(9-7-11)4-2-10-16/h2,4,6-9,16H,1,3,5,10H2,(H,14,15). The van der Waals surface area contributed by atoms with Crippen molar-refractivity contribution in [1.82, 2.24) is 0 Å². The molecule has 0 aliphatic rings. The fourth-order valence-electron chi connectivity index (χ4n) is 1.43. The highest BCUT2D eigenvalue weighted by atomic mass is 32.1. The molecular weight excluding hydrogens is 220 g/mol. The molecule has 0 heterocycles. The van der Waals surface area contributed by atoms with Crippen molar-refractivity contribution in [1.29, 1.82) is 0 Å². The molecule has 0 atom stereocenters. The molecule has 2 nitrogen and oxygen atoms in total. The van der Waals surface area contributed by atoms with E-state index < -0.39 is 5.97 Å². The lowest BCUT2D eigenvalue weighted by atomic mass is 10.1. The Morgan fingerprint density at radius 1 is 1.31 bits per heavy atom. The molecule has 16 heavy (non-hydrogen) atoms. The number of aliphatic carboxylic acids is 1. The smallest absolute Gasteiger partial charge is 0.303 e. The second-order valence-corrected chi connectivity index (χ2v) is 3.94. The molecule has 1 N–H and O–H groups in total. The summed E-state index contributed by atoms with van der Waals surface area (Å²) in [5, 5.41) is 8.52. The summed E-state index contributed by atoms with van der Waals surface area (Å²) in [5.74, 6) is 0.00808. The van der Waals surface area contributed by atoms with Crippen LogP contribution in [0.25, 0.3) is 6.08 Å². The van der Waals surface area contributed by atoms with Crippen LogP contribution in [0.15, 0.2) is 30.3 Å². The Labute approximate surface area is 101 Å². The first-order valence-electron chi connectivity index (χ1n) is 5.30. The summed E-state index contributed by atoms with van der Waals surface area (Å²) in [6.07, 6.45) is 5.77. The molecule has 1 aromatic rings. The zero-order valence-electron chi connectivity index (χ0n) is 9.10. The minimum atomic E-state index is -0.728. The van der Waals surface area contributed by atoms with Crippen molar-refractivity contribution < 1.29 is 9.90 Å². The van der Waals surface area contributed by atoms with Crippen LogP contribution in [0.3, 0.4) is 0 Å². The Morgan fingerprint density at radius 3 is 2.56 bits per heavy atom. The minimum absolute atomic E-state index is 0.237. The number of carboxylic acids is 1. The molecule has 0 bridgehead atoms. The van der Waals surface area contributed by atoms with E-state index in [9.17, 15) is 4.79 Å². The van der Waals surface area contributed by atoms with Crippen molar-refractivity contribution in [2.75, 3.05) is 5.75 Å². The Morgan fingerprint density at radius 2 is 2.00 bits per heavy atom. The van der Waals surface area contributed by atoms with Gasteiger partial charge in [0.1, 0.15) is 0 Å². The van der Waals surface area contributed by atoms with Crippen LogP contribution >= 0.6 is 12.6 Å². The van der Waals surface area contributed by atoms with Crippen molar-refractivity contribution in [3.63, 3.8) is 0 Å². The van der Waals surface area contributed by atoms with Gasteiger partial charge >= 0.3 is 5.97 Å². The van der Waals surface area contributed by atoms with Crippen LogP contribution in [0.4, 0.5) is 0 Å². The van der Waals surface area contributed by atoms with Crippen LogP contribution in [-0.4, -0.2) is 16.8 Å². The maximum atomic E-state index is 10.3. The lowest BCUT2D eigenvalue weighted by Gasteiger charge is -2.00. The summed E-state index contributed by atoms with van der Waals surface area (Å²) in [7, 11) is 0. The number of hydrogen-bond acceptors (Lipinski definition) is 2. The van der Waals surface area contributed by atoms with E-state index in [1.54, 1.807) is 0 Å². The van der Waals surface area contributed by atoms with Gasteiger partial charge in [0.2, 0.25) is 0 Å². The van der Waals surface area contributed by atoms with Crippen LogP contribution in [0, 0.1) is 0 Å². The van der Waals surface area contributed by atoms with Gasteiger partial charge in [-0.1, -0.05) is 36.4 Å². The molecule has 1 aromatic carbocycles. The molecule has 0 aromatic heterocycles. The lowest BCUT2D eigenvalue weighted by Crippen LogP contribution is -1.95. The monoisotopic (exact) mass is 236 g/mol. The summed E-state index contributed by atoms with van der Waals surface area (Å²) < 4.78 is 0. The predicted molar refractivity (Wildman–Crippen MR) is 69.9 cm³/mol. The number of carbonyl (C=O) groups is 1. The first-order chi connectivity index (χ1) is 7.72. The van der Waals surface area contributed by atoms with Gasteiger partial charge < -0.3 is 5.11 Å². The third-order valence-electron chi connectivity index (χ3n) is 2.25. The van der Waals surface area contributed by atoms with E-state index in [1.165, 1.54) is 5.56 Å². The second-order valence-electron chi connectivity index (χ2n) is 3.57. The first-order valence-corrected chi connectivity index (χ1v) is 5.94. The minimum Gasteiger partial charge on any atom is -0.481 e. The maximum Gasteiger partial charge on any atom is 0.303 e. The molecule has 3 heteroatoms. The molecule has 1 rings (SSSR count). The quantitative estimate of drug-likeness (QED) is 0.745. The van der Waals surface area contributed by atoms with E-state index in [0.717, 1.165) is 17.7 Å². The zero-order chi connectivity index (χ0) is 11.8. The molecule has 0 unspecified atom stereocenters. The summed E-state index contributed by atoms with van der Waals surface area (Å²) in [5.41, 5.74) is 2.33. The van der Waals surface area contributed by atoms with E-state index in [-0.39, 0.29) is 6.42 Å². The SMILES string of the molecule is O=C(O)CCCc1ccc(C=CCS)cc1. The molecular formula is C13H16O2S. The van der Waals surface area contributed by atoms with Crippen molar-refractivity contribution in [2.24, 2.45) is 0 Å². The first kappa shape index (κ1) is 12.8. The summed E-state index contributed by atoms with van der Waals surface area (Å²) in [4.78, 5) is 10.3. The predicted octanol–water partition coefficient (Wildman–Crippen LogP) is 3.04. The van der Waals surface area contributed by atoms with Crippen LogP contribution in [0.5, 0.6) is 0 Å². The molecule has 0 fully saturated rings. The van der Waals surface area contributed by atoms with Gasteiger partial charge in [-0.2, -0.15) is 12.6 Å². The summed E-state index contributed by atoms with van der Waals surface area (Å²) in [6.45, 7) is 0. The fourth-order valence-corrected chi connectivity index (χ4v) is 1.53. The largest absolute Gasteiger partial charge is 0.481 e. The third kappa shape index (κ3) is 5.03. The number of hydrogen-bond donors (Lipinski definition) is 2. The zero-order valence-corrected chi connectivity index (χ0v) is 9.99. The number of carboxylic acid groups (broad SMARTS) is 1. The summed E-state index contributed by atoms with van der Waals surface area (Å²) in [6, 6.07) is 8.16. The normalized spacial score (nSPS) is 10.8. The molecule has 0 saturated carbocycles. The summed E-state index contributed by atoms with van der Waals surface area (Å²) >= 11 is 4.09. The van der Waals surface area contributed by atoms with Crippen LogP contribution < -0.4 is 0 Å². The second kappa shape index (κ2) is 7.12. The Kier molecular flexibility index (Phi) is 5.72. The van der Waals surface area contributed by atoms with Gasteiger partial charge in [-0.05, 0) is 24.0 Å². The maximum absolute atomic E-state index is 10.3. The van der Waals surface area contributed by atoms with Gasteiger partial charge in [0.05, 0.1) is 0 Å². The van der Waals surface area contributed by atoms with Gasteiger partial charge in [-0.3, -0.25) is 4.79 Å². The average molecular weight is 236 g/mol. The molecule has 0 spiro atoms. The van der Waals surface area contributed by atoms with Gasteiger partial charge in [0, 0.05) is 12.2 Å². The van der Waals surface area contributed by atoms with Gasteiger partial charge in [-0.25, -0.2) is 0 Å². The molecule has 86 valence electrons. The molecule has 0 aliphatic heterocycles. The number of benzene rings is 1. The highest BCUT2D eigenvalue weighted by Gasteiger charge is 1.98. The topological polar surface area (TPSA) is 37.3 Å². The van der Waals surface area contributed by atoms with E-state index in [1.807, 2.05) is 36.4 Å². The van der Waals surface area contributed by atoms with Gasteiger partial charge in [0.15, 0.2) is 0 Å². The number of thiol groups is 1. The van der Waals surface area contributed by atoms with Crippen molar-refractivity contribution in [3.8, 4) is 0 Å². The van der Waals surface area contributed by atoms with Crippen LogP contribution in [0.2, 0.25) is 0 Å². The molecule has 0 radical (unpaired) electrons. The van der Waals surface area contributed by atoms with E-state index in [0.29, 0.717) is 6.42 Å². The van der Waals surface area contributed by atoms with Gasteiger partial charge in [-0.15, -0.1) is 0 Å². The van der Waals surface area contributed by atoms with E-state index in [2.05, 4.69) is 12.6 Å². The highest BCUT2D eigenvalue weighted by Crippen LogP contribution is 2.09. The number of rotatable bonds is 6. The molecule has 0 amide bonds. The lowest BCUT2D eigenvalue weighted by molar-refractivity contribution is -0.137. The average Bonchev–Trinajstić information content (AvgIpc) is 2.27. The van der Waals surface area contributed by atoms with Crippen LogP contribution in [-0.2, 0) is 11.2 Å². The molecule has 0 aliphatic carbocycles. The van der Waals surface area contributed by atoms with E-state index in [4.69, 9.17) is 5.11 Å². The van der Waals surface area contributed by atoms with Crippen molar-refractivity contribution in [2.45, 2.75) is 19.3 Å². The van der Waals surface area contributed by atoms with Crippen molar-refractivity contribution in [3.05, 3.63) is 41.5 Å². The Balaban J connectivity index is 2.45. The Bertz CT molecular complexity index is 355. The molecule has 0 saturated heterocycles.